The SMILES string of the molecule is Cn1nnc(C2CN(C(=O)CCN3CCCCC3=O)CCO2)n1.O=CO. The molecular weight excluding hydrogens is 344 g/mol. The van der Waals surface area contributed by atoms with E-state index in [2.05, 4.69) is 15.4 Å². The molecule has 144 valence electrons. The van der Waals surface area contributed by atoms with Crippen molar-refractivity contribution in [3.63, 3.8) is 0 Å². The molecule has 1 atom stereocenters. The zero-order valence-electron chi connectivity index (χ0n) is 14.8. The van der Waals surface area contributed by atoms with Gasteiger partial charge >= 0.3 is 0 Å². The lowest BCUT2D eigenvalue weighted by atomic mass is 10.1. The molecule has 1 unspecified atom stereocenters. The Labute approximate surface area is 150 Å². The van der Waals surface area contributed by atoms with Gasteiger partial charge in [0.15, 0.2) is 0 Å². The average Bonchev–Trinajstić information content (AvgIpc) is 3.08. The maximum absolute atomic E-state index is 12.4. The molecule has 1 aromatic rings. The number of carbonyl (C=O) groups is 3. The molecule has 2 aliphatic rings. The number of aryl methyl sites for hydroxylation is 1. The van der Waals surface area contributed by atoms with Crippen molar-refractivity contribution >= 4 is 18.3 Å². The fourth-order valence-corrected chi connectivity index (χ4v) is 2.95. The van der Waals surface area contributed by atoms with Gasteiger partial charge in [0.25, 0.3) is 6.47 Å². The first-order valence-electron chi connectivity index (χ1n) is 8.54. The molecule has 0 saturated carbocycles. The van der Waals surface area contributed by atoms with Crippen LogP contribution in [0.15, 0.2) is 0 Å². The van der Waals surface area contributed by atoms with Crippen LogP contribution >= 0.6 is 0 Å². The molecule has 3 rings (SSSR count). The molecule has 3 heterocycles. The van der Waals surface area contributed by atoms with Gasteiger partial charge in [-0.05, 0) is 18.1 Å². The Morgan fingerprint density at radius 2 is 2.15 bits per heavy atom. The number of carbonyl (C=O) groups excluding carboxylic acids is 2. The second-order valence-corrected chi connectivity index (χ2v) is 6.03. The first-order valence-corrected chi connectivity index (χ1v) is 8.54. The Bertz CT molecular complexity index is 621. The summed E-state index contributed by atoms with van der Waals surface area (Å²) in [6.07, 6.45) is 2.61. The van der Waals surface area contributed by atoms with E-state index in [4.69, 9.17) is 14.6 Å². The van der Waals surface area contributed by atoms with Crippen molar-refractivity contribution in [1.29, 1.82) is 0 Å². The largest absolute Gasteiger partial charge is 0.483 e. The normalized spacial score (nSPS) is 20.3. The monoisotopic (exact) mass is 368 g/mol. The summed E-state index contributed by atoms with van der Waals surface area (Å²) < 4.78 is 5.63. The molecule has 2 amide bonds. The Morgan fingerprint density at radius 3 is 2.81 bits per heavy atom. The van der Waals surface area contributed by atoms with E-state index in [1.54, 1.807) is 16.8 Å². The number of hydrogen-bond donors (Lipinski definition) is 1. The van der Waals surface area contributed by atoms with Crippen molar-refractivity contribution in [2.45, 2.75) is 31.8 Å². The van der Waals surface area contributed by atoms with E-state index in [0.717, 1.165) is 19.4 Å². The minimum absolute atomic E-state index is 0.0422. The first kappa shape index (κ1) is 19.8. The van der Waals surface area contributed by atoms with E-state index in [1.165, 1.54) is 4.80 Å². The summed E-state index contributed by atoms with van der Waals surface area (Å²) in [5, 5.41) is 18.8. The predicted octanol–water partition coefficient (Wildman–Crippen LogP) is -0.787. The summed E-state index contributed by atoms with van der Waals surface area (Å²) in [7, 11) is 1.69. The second-order valence-electron chi connectivity index (χ2n) is 6.03. The number of hydrogen-bond acceptors (Lipinski definition) is 7. The van der Waals surface area contributed by atoms with Gasteiger partial charge in [-0.3, -0.25) is 14.4 Å². The molecule has 2 fully saturated rings. The quantitative estimate of drug-likeness (QED) is 0.684. The molecule has 11 nitrogen and oxygen atoms in total. The highest BCUT2D eigenvalue weighted by Gasteiger charge is 2.28. The number of nitrogens with zero attached hydrogens (tertiary/aromatic N) is 6. The maximum atomic E-state index is 12.4. The van der Waals surface area contributed by atoms with Crippen molar-refractivity contribution in [3.05, 3.63) is 5.82 Å². The van der Waals surface area contributed by atoms with Gasteiger partial charge < -0.3 is 19.6 Å². The van der Waals surface area contributed by atoms with Crippen LogP contribution in [-0.2, 0) is 26.2 Å². The number of carboxylic acid groups (broad SMARTS) is 1. The topological polar surface area (TPSA) is 131 Å². The fourth-order valence-electron chi connectivity index (χ4n) is 2.95. The van der Waals surface area contributed by atoms with Crippen molar-refractivity contribution in [2.75, 3.05) is 32.8 Å². The third-order valence-corrected chi connectivity index (χ3v) is 4.25. The van der Waals surface area contributed by atoms with Crippen molar-refractivity contribution in [2.24, 2.45) is 7.05 Å². The van der Waals surface area contributed by atoms with Gasteiger partial charge in [-0.25, -0.2) is 0 Å². The third-order valence-electron chi connectivity index (χ3n) is 4.25. The molecule has 0 aliphatic carbocycles. The predicted molar refractivity (Wildman–Crippen MR) is 87.8 cm³/mol. The zero-order valence-corrected chi connectivity index (χ0v) is 14.8. The summed E-state index contributed by atoms with van der Waals surface area (Å²) in [5.74, 6) is 0.699. The fraction of sp³-hybridized carbons (Fsp3) is 0.733. The van der Waals surface area contributed by atoms with Gasteiger partial charge in [0.2, 0.25) is 17.6 Å². The second kappa shape index (κ2) is 9.80. The molecule has 0 aromatic carbocycles. The Hall–Kier alpha value is -2.56. The summed E-state index contributed by atoms with van der Waals surface area (Å²) in [6, 6.07) is 0. The van der Waals surface area contributed by atoms with E-state index in [9.17, 15) is 9.59 Å². The average molecular weight is 368 g/mol. The smallest absolute Gasteiger partial charge is 0.290 e. The third kappa shape index (κ3) is 5.48. The molecule has 2 saturated heterocycles. The minimum atomic E-state index is -0.335. The van der Waals surface area contributed by atoms with Crippen molar-refractivity contribution in [1.82, 2.24) is 30.0 Å². The Morgan fingerprint density at radius 1 is 1.38 bits per heavy atom. The summed E-state index contributed by atoms with van der Waals surface area (Å²) in [4.78, 5) is 37.5. The van der Waals surface area contributed by atoms with E-state index in [-0.39, 0.29) is 24.4 Å². The molecule has 0 bridgehead atoms. The highest BCUT2D eigenvalue weighted by atomic mass is 16.5. The lowest BCUT2D eigenvalue weighted by Gasteiger charge is -2.32. The lowest BCUT2D eigenvalue weighted by molar-refractivity contribution is -0.141. The molecule has 0 radical (unpaired) electrons. The Balaban J connectivity index is 0.000000758. The van der Waals surface area contributed by atoms with E-state index in [0.29, 0.717) is 44.9 Å². The number of aromatic nitrogens is 4. The first-order chi connectivity index (χ1) is 12.5. The van der Waals surface area contributed by atoms with Crippen molar-refractivity contribution < 1.29 is 24.2 Å². The van der Waals surface area contributed by atoms with Crippen LogP contribution in [0.2, 0.25) is 0 Å². The van der Waals surface area contributed by atoms with Crippen LogP contribution in [0.25, 0.3) is 0 Å². The van der Waals surface area contributed by atoms with Gasteiger partial charge in [0.1, 0.15) is 6.10 Å². The maximum Gasteiger partial charge on any atom is 0.290 e. The van der Waals surface area contributed by atoms with Crippen molar-refractivity contribution in [3.8, 4) is 0 Å². The van der Waals surface area contributed by atoms with Crippen LogP contribution in [-0.4, -0.2) is 86.2 Å². The van der Waals surface area contributed by atoms with Crippen LogP contribution < -0.4 is 0 Å². The summed E-state index contributed by atoms with van der Waals surface area (Å²) in [6.45, 7) is 2.46. The molecule has 1 aromatic heterocycles. The number of amides is 2. The standard InChI is InChI=1S/C14H22N6O3.CH2O2/c1-18-16-14(15-17-18)11-10-20(8-9-23-11)13(22)5-7-19-6-3-2-4-12(19)21;2-1-3/h11H,2-10H2,1H3;1H,(H,2,3). The number of ether oxygens (including phenoxy) is 1. The molecule has 1 N–H and O–H groups in total. The number of rotatable bonds is 4. The van der Waals surface area contributed by atoms with Crippen LogP contribution in [0, 0.1) is 0 Å². The van der Waals surface area contributed by atoms with Crippen LogP contribution in [0.3, 0.4) is 0 Å². The van der Waals surface area contributed by atoms with Gasteiger partial charge in [0, 0.05) is 32.5 Å². The molecule has 26 heavy (non-hydrogen) atoms. The zero-order chi connectivity index (χ0) is 18.9. The van der Waals surface area contributed by atoms with E-state index < -0.39 is 0 Å². The summed E-state index contributed by atoms with van der Waals surface area (Å²) >= 11 is 0. The molecular formula is C15H24N6O5. The van der Waals surface area contributed by atoms with Gasteiger partial charge in [-0.1, -0.05) is 0 Å². The number of piperidine rings is 1. The number of likely N-dealkylation sites (tertiary alicyclic amines) is 1. The van der Waals surface area contributed by atoms with Gasteiger partial charge in [0.05, 0.1) is 20.2 Å². The van der Waals surface area contributed by atoms with E-state index >= 15 is 0 Å². The highest BCUT2D eigenvalue weighted by Crippen LogP contribution is 2.19. The summed E-state index contributed by atoms with van der Waals surface area (Å²) in [5.41, 5.74) is 0. The molecule has 11 heteroatoms. The number of tetrazole rings is 1. The lowest BCUT2D eigenvalue weighted by Crippen LogP contribution is -2.44. The molecule has 0 spiro atoms. The van der Waals surface area contributed by atoms with Crippen LogP contribution in [0.5, 0.6) is 0 Å². The number of morpholine rings is 1. The molecule has 2 aliphatic heterocycles. The highest BCUT2D eigenvalue weighted by molar-refractivity contribution is 5.79. The Kier molecular flexibility index (Phi) is 7.45. The van der Waals surface area contributed by atoms with E-state index in [1.807, 2.05) is 0 Å². The minimum Gasteiger partial charge on any atom is -0.483 e. The van der Waals surface area contributed by atoms with Gasteiger partial charge in [-0.2, -0.15) is 4.80 Å². The van der Waals surface area contributed by atoms with Gasteiger partial charge in [-0.15, -0.1) is 10.2 Å². The van der Waals surface area contributed by atoms with Crippen LogP contribution in [0.1, 0.15) is 37.6 Å². The van der Waals surface area contributed by atoms with Crippen LogP contribution in [0.4, 0.5) is 0 Å².